The molecular weight excluding hydrogens is 304 g/mol. The van der Waals surface area contributed by atoms with E-state index in [1.165, 1.54) is 0 Å². The lowest BCUT2D eigenvalue weighted by Gasteiger charge is -2.32. The number of aromatic nitrogens is 2. The number of nitrogens with one attached hydrogen (secondary N) is 1. The maximum Gasteiger partial charge on any atom is 0.318 e. The SMILES string of the molecule is C[C@@H](NC(=O)N1CCCC1(C)C)c1nc(Cc2ccccc2)no1. The van der Waals surface area contributed by atoms with E-state index in [0.29, 0.717) is 18.1 Å². The van der Waals surface area contributed by atoms with Crippen LogP contribution in [-0.4, -0.2) is 33.2 Å². The van der Waals surface area contributed by atoms with Crippen LogP contribution in [0.15, 0.2) is 34.9 Å². The van der Waals surface area contributed by atoms with Crippen molar-refractivity contribution in [3.63, 3.8) is 0 Å². The molecule has 1 aliphatic heterocycles. The van der Waals surface area contributed by atoms with Gasteiger partial charge in [-0.2, -0.15) is 4.98 Å². The van der Waals surface area contributed by atoms with E-state index in [-0.39, 0.29) is 17.6 Å². The molecule has 128 valence electrons. The molecule has 1 atom stereocenters. The number of hydrogen-bond acceptors (Lipinski definition) is 4. The second-order valence-electron chi connectivity index (χ2n) is 6.95. The summed E-state index contributed by atoms with van der Waals surface area (Å²) in [6.07, 6.45) is 2.68. The third kappa shape index (κ3) is 3.58. The number of hydrogen-bond donors (Lipinski definition) is 1. The summed E-state index contributed by atoms with van der Waals surface area (Å²) in [5.41, 5.74) is 1.03. The van der Waals surface area contributed by atoms with Crippen molar-refractivity contribution in [2.45, 2.75) is 51.6 Å². The smallest absolute Gasteiger partial charge is 0.318 e. The van der Waals surface area contributed by atoms with Gasteiger partial charge in [-0.05, 0) is 39.2 Å². The van der Waals surface area contributed by atoms with Gasteiger partial charge in [-0.15, -0.1) is 0 Å². The molecule has 1 fully saturated rings. The highest BCUT2D eigenvalue weighted by molar-refractivity contribution is 5.75. The minimum absolute atomic E-state index is 0.0761. The van der Waals surface area contributed by atoms with Gasteiger partial charge in [0.05, 0.1) is 0 Å². The Bertz CT molecular complexity index is 696. The topological polar surface area (TPSA) is 71.3 Å². The Morgan fingerprint density at radius 3 is 2.79 bits per heavy atom. The van der Waals surface area contributed by atoms with Crippen LogP contribution in [0.25, 0.3) is 0 Å². The summed E-state index contributed by atoms with van der Waals surface area (Å²) in [4.78, 5) is 18.8. The molecule has 2 aromatic rings. The van der Waals surface area contributed by atoms with Crippen LogP contribution < -0.4 is 5.32 Å². The second-order valence-corrected chi connectivity index (χ2v) is 6.95. The number of carbonyl (C=O) groups excluding carboxylic acids is 1. The molecule has 1 aromatic carbocycles. The predicted molar refractivity (Wildman–Crippen MR) is 90.5 cm³/mol. The van der Waals surface area contributed by atoms with Gasteiger partial charge in [0, 0.05) is 18.5 Å². The summed E-state index contributed by atoms with van der Waals surface area (Å²) in [6.45, 7) is 6.83. The first kappa shape index (κ1) is 16.5. The van der Waals surface area contributed by atoms with Gasteiger partial charge in [-0.1, -0.05) is 35.5 Å². The summed E-state index contributed by atoms with van der Waals surface area (Å²) in [5, 5.41) is 6.98. The zero-order valence-electron chi connectivity index (χ0n) is 14.5. The van der Waals surface area contributed by atoms with Crippen LogP contribution in [0.1, 0.15) is 56.9 Å². The van der Waals surface area contributed by atoms with Crippen LogP contribution in [0, 0.1) is 0 Å². The number of carbonyl (C=O) groups is 1. The van der Waals surface area contributed by atoms with Gasteiger partial charge < -0.3 is 14.7 Å². The summed E-state index contributed by atoms with van der Waals surface area (Å²) >= 11 is 0. The largest absolute Gasteiger partial charge is 0.337 e. The Kier molecular flexibility index (Phi) is 4.55. The van der Waals surface area contributed by atoms with Crippen molar-refractivity contribution in [3.8, 4) is 0 Å². The number of nitrogens with zero attached hydrogens (tertiary/aromatic N) is 3. The molecule has 2 heterocycles. The number of likely N-dealkylation sites (tertiary alicyclic amines) is 1. The molecule has 24 heavy (non-hydrogen) atoms. The molecule has 0 unspecified atom stereocenters. The van der Waals surface area contributed by atoms with Gasteiger partial charge in [0.1, 0.15) is 6.04 Å². The first-order valence-electron chi connectivity index (χ1n) is 8.40. The van der Waals surface area contributed by atoms with E-state index >= 15 is 0 Å². The number of urea groups is 1. The average molecular weight is 328 g/mol. The average Bonchev–Trinajstić information content (AvgIpc) is 3.14. The summed E-state index contributed by atoms with van der Waals surface area (Å²) in [7, 11) is 0. The van der Waals surface area contributed by atoms with Crippen molar-refractivity contribution in [2.24, 2.45) is 0 Å². The second kappa shape index (κ2) is 6.63. The molecule has 3 rings (SSSR count). The lowest BCUT2D eigenvalue weighted by molar-refractivity contribution is 0.160. The van der Waals surface area contributed by atoms with Gasteiger partial charge in [0.25, 0.3) is 0 Å². The zero-order valence-corrected chi connectivity index (χ0v) is 14.5. The third-order valence-corrected chi connectivity index (χ3v) is 4.55. The van der Waals surface area contributed by atoms with E-state index in [4.69, 9.17) is 4.52 Å². The molecule has 0 spiro atoms. The molecule has 1 aromatic heterocycles. The highest BCUT2D eigenvalue weighted by Crippen LogP contribution is 2.28. The molecule has 0 saturated carbocycles. The minimum atomic E-state index is -0.314. The maximum absolute atomic E-state index is 12.5. The van der Waals surface area contributed by atoms with Crippen LogP contribution >= 0.6 is 0 Å². The zero-order chi connectivity index (χ0) is 17.2. The summed E-state index contributed by atoms with van der Waals surface area (Å²) in [5.74, 6) is 1.06. The molecular formula is C18H24N4O2. The standard InChI is InChI=1S/C18H24N4O2/c1-13(19-17(23)22-11-7-10-18(22,2)3)16-20-15(21-24-16)12-14-8-5-4-6-9-14/h4-6,8-9,13H,7,10-12H2,1-3H3,(H,19,23)/t13-/m1/s1. The molecule has 0 bridgehead atoms. The molecule has 1 aliphatic rings. The van der Waals surface area contributed by atoms with Crippen LogP contribution in [-0.2, 0) is 6.42 Å². The highest BCUT2D eigenvalue weighted by atomic mass is 16.5. The lowest BCUT2D eigenvalue weighted by atomic mass is 10.0. The molecule has 1 saturated heterocycles. The van der Waals surface area contributed by atoms with Crippen molar-refractivity contribution < 1.29 is 9.32 Å². The Hall–Kier alpha value is -2.37. The number of benzene rings is 1. The van der Waals surface area contributed by atoms with Crippen LogP contribution in [0.4, 0.5) is 4.79 Å². The van der Waals surface area contributed by atoms with Crippen molar-refractivity contribution >= 4 is 6.03 Å². The molecule has 1 N–H and O–H groups in total. The van der Waals surface area contributed by atoms with Crippen molar-refractivity contribution in [3.05, 3.63) is 47.6 Å². The number of amides is 2. The van der Waals surface area contributed by atoms with E-state index in [1.54, 1.807) is 0 Å². The van der Waals surface area contributed by atoms with Crippen molar-refractivity contribution in [1.29, 1.82) is 0 Å². The molecule has 6 nitrogen and oxygen atoms in total. The summed E-state index contributed by atoms with van der Waals surface area (Å²) < 4.78 is 5.32. The Balaban J connectivity index is 1.61. The third-order valence-electron chi connectivity index (χ3n) is 4.55. The maximum atomic E-state index is 12.5. The molecule has 6 heteroatoms. The number of rotatable bonds is 4. The quantitative estimate of drug-likeness (QED) is 0.934. The van der Waals surface area contributed by atoms with E-state index < -0.39 is 0 Å². The Labute approximate surface area is 142 Å². The fraction of sp³-hybridized carbons (Fsp3) is 0.500. The van der Waals surface area contributed by atoms with Crippen LogP contribution in [0.5, 0.6) is 0 Å². The van der Waals surface area contributed by atoms with Gasteiger partial charge in [-0.3, -0.25) is 0 Å². The van der Waals surface area contributed by atoms with Gasteiger partial charge in [-0.25, -0.2) is 4.79 Å². The normalized spacial score (nSPS) is 17.7. The van der Waals surface area contributed by atoms with Crippen molar-refractivity contribution in [2.75, 3.05) is 6.54 Å². The highest BCUT2D eigenvalue weighted by Gasteiger charge is 2.36. The summed E-state index contributed by atoms with van der Waals surface area (Å²) in [6, 6.07) is 9.60. The first-order valence-corrected chi connectivity index (χ1v) is 8.40. The van der Waals surface area contributed by atoms with E-state index in [9.17, 15) is 4.79 Å². The van der Waals surface area contributed by atoms with Crippen LogP contribution in [0.2, 0.25) is 0 Å². The van der Waals surface area contributed by atoms with Crippen molar-refractivity contribution in [1.82, 2.24) is 20.4 Å². The Morgan fingerprint density at radius 1 is 1.38 bits per heavy atom. The molecule has 2 amide bonds. The van der Waals surface area contributed by atoms with E-state index in [1.807, 2.05) is 42.2 Å². The van der Waals surface area contributed by atoms with Crippen LogP contribution in [0.3, 0.4) is 0 Å². The van der Waals surface area contributed by atoms with E-state index in [0.717, 1.165) is 24.9 Å². The van der Waals surface area contributed by atoms with Gasteiger partial charge >= 0.3 is 6.03 Å². The first-order chi connectivity index (χ1) is 11.5. The molecule has 0 aliphatic carbocycles. The fourth-order valence-corrected chi connectivity index (χ4v) is 3.10. The fourth-order valence-electron chi connectivity index (χ4n) is 3.10. The lowest BCUT2D eigenvalue weighted by Crippen LogP contribution is -2.48. The van der Waals surface area contributed by atoms with Gasteiger partial charge in [0.2, 0.25) is 5.89 Å². The van der Waals surface area contributed by atoms with Gasteiger partial charge in [0.15, 0.2) is 5.82 Å². The monoisotopic (exact) mass is 328 g/mol. The predicted octanol–water partition coefficient (Wildman–Crippen LogP) is 3.31. The Morgan fingerprint density at radius 2 is 2.12 bits per heavy atom. The minimum Gasteiger partial charge on any atom is -0.337 e. The van der Waals surface area contributed by atoms with E-state index in [2.05, 4.69) is 29.3 Å². The molecule has 0 radical (unpaired) electrons.